The third kappa shape index (κ3) is 8.24. The summed E-state index contributed by atoms with van der Waals surface area (Å²) in [7, 11) is 6.14. The number of nitrogens with two attached hydrogens (primary N) is 1. The fourth-order valence-corrected chi connectivity index (χ4v) is 1.17. The van der Waals surface area contributed by atoms with Crippen LogP contribution in [0.25, 0.3) is 0 Å². The summed E-state index contributed by atoms with van der Waals surface area (Å²) in [5, 5.41) is 0. The van der Waals surface area contributed by atoms with Crippen LogP contribution in [0.3, 0.4) is 0 Å². The highest BCUT2D eigenvalue weighted by Gasteiger charge is 2.10. The average molecular weight is 214 g/mol. The molecule has 0 aliphatic heterocycles. The molecule has 0 rings (SSSR count). The van der Waals surface area contributed by atoms with E-state index in [-0.39, 0.29) is 5.54 Å². The van der Waals surface area contributed by atoms with Crippen LogP contribution in [-0.4, -0.2) is 55.5 Å². The first kappa shape index (κ1) is 14.2. The molecule has 0 aliphatic carbocycles. The van der Waals surface area contributed by atoms with Crippen LogP contribution in [0.2, 0.25) is 0 Å². The number of rotatable bonds is 4. The molecular formula is C11H26N4. The molecule has 0 heterocycles. The molecule has 90 valence electrons. The molecular weight excluding hydrogens is 188 g/mol. The van der Waals surface area contributed by atoms with Crippen molar-refractivity contribution in [2.45, 2.75) is 32.7 Å². The van der Waals surface area contributed by atoms with Gasteiger partial charge < -0.3 is 15.5 Å². The highest BCUT2D eigenvalue weighted by atomic mass is 15.2. The molecule has 0 fully saturated rings. The summed E-state index contributed by atoms with van der Waals surface area (Å²) in [6, 6.07) is 0. The predicted molar refractivity (Wildman–Crippen MR) is 67.2 cm³/mol. The zero-order chi connectivity index (χ0) is 12.1. The molecule has 4 nitrogen and oxygen atoms in total. The van der Waals surface area contributed by atoms with Crippen molar-refractivity contribution in [1.29, 1.82) is 0 Å². The Kier molecular flexibility index (Phi) is 5.65. The van der Waals surface area contributed by atoms with E-state index < -0.39 is 0 Å². The van der Waals surface area contributed by atoms with Crippen LogP contribution < -0.4 is 5.73 Å². The maximum atomic E-state index is 5.88. The Morgan fingerprint density at radius 1 is 1.13 bits per heavy atom. The molecule has 0 aliphatic rings. The first-order chi connectivity index (χ1) is 6.72. The minimum Gasteiger partial charge on any atom is -0.370 e. The third-order valence-electron chi connectivity index (χ3n) is 1.94. The molecule has 4 heteroatoms. The van der Waals surface area contributed by atoms with E-state index in [4.69, 9.17) is 5.73 Å². The number of guanidine groups is 1. The fourth-order valence-electron chi connectivity index (χ4n) is 1.17. The van der Waals surface area contributed by atoms with Gasteiger partial charge in [0.05, 0.1) is 5.54 Å². The Labute approximate surface area is 94.1 Å². The van der Waals surface area contributed by atoms with Crippen molar-refractivity contribution < 1.29 is 0 Å². The molecule has 0 saturated carbocycles. The van der Waals surface area contributed by atoms with Crippen molar-refractivity contribution in [2.24, 2.45) is 10.7 Å². The van der Waals surface area contributed by atoms with Crippen molar-refractivity contribution in [3.63, 3.8) is 0 Å². The SMILES string of the molecule is CN(C)CCCN(C)C(N)=NC(C)(C)C. The van der Waals surface area contributed by atoms with E-state index >= 15 is 0 Å². The molecule has 0 aromatic rings. The van der Waals surface area contributed by atoms with Gasteiger partial charge in [0, 0.05) is 13.6 Å². The van der Waals surface area contributed by atoms with Gasteiger partial charge in [-0.15, -0.1) is 0 Å². The highest BCUT2D eigenvalue weighted by Crippen LogP contribution is 2.06. The minimum absolute atomic E-state index is 0.0973. The maximum absolute atomic E-state index is 5.88. The van der Waals surface area contributed by atoms with Gasteiger partial charge in [-0.25, -0.2) is 4.99 Å². The Morgan fingerprint density at radius 2 is 1.67 bits per heavy atom. The van der Waals surface area contributed by atoms with Crippen LogP contribution in [0.5, 0.6) is 0 Å². The first-order valence-electron chi connectivity index (χ1n) is 5.43. The van der Waals surface area contributed by atoms with E-state index in [0.29, 0.717) is 5.96 Å². The van der Waals surface area contributed by atoms with Gasteiger partial charge in [-0.05, 0) is 47.8 Å². The zero-order valence-corrected chi connectivity index (χ0v) is 11.0. The number of nitrogens with zero attached hydrogens (tertiary/aromatic N) is 3. The number of aliphatic imine (C=N–C) groups is 1. The molecule has 0 aromatic heterocycles. The van der Waals surface area contributed by atoms with Gasteiger partial charge in [-0.3, -0.25) is 0 Å². The van der Waals surface area contributed by atoms with Crippen molar-refractivity contribution >= 4 is 5.96 Å². The standard InChI is InChI=1S/C11H26N4/c1-11(2,3)13-10(12)15(6)9-7-8-14(4)5/h7-9H2,1-6H3,(H2,12,13). The Bertz CT molecular complexity index is 203. The third-order valence-corrected chi connectivity index (χ3v) is 1.94. The lowest BCUT2D eigenvalue weighted by atomic mass is 10.1. The van der Waals surface area contributed by atoms with Gasteiger partial charge in [0.1, 0.15) is 0 Å². The van der Waals surface area contributed by atoms with Crippen LogP contribution in [0.4, 0.5) is 0 Å². The lowest BCUT2D eigenvalue weighted by molar-refractivity contribution is 0.367. The number of hydrogen-bond acceptors (Lipinski definition) is 2. The van der Waals surface area contributed by atoms with Crippen LogP contribution >= 0.6 is 0 Å². The van der Waals surface area contributed by atoms with Crippen molar-refractivity contribution in [3.8, 4) is 0 Å². The van der Waals surface area contributed by atoms with E-state index in [1.54, 1.807) is 0 Å². The molecule has 0 radical (unpaired) electrons. The van der Waals surface area contributed by atoms with Crippen LogP contribution in [0.1, 0.15) is 27.2 Å². The molecule has 0 atom stereocenters. The molecule has 0 saturated heterocycles. The molecule has 15 heavy (non-hydrogen) atoms. The van der Waals surface area contributed by atoms with Gasteiger partial charge in [0.25, 0.3) is 0 Å². The van der Waals surface area contributed by atoms with Gasteiger partial charge in [-0.2, -0.15) is 0 Å². The van der Waals surface area contributed by atoms with Gasteiger partial charge >= 0.3 is 0 Å². The maximum Gasteiger partial charge on any atom is 0.191 e. The Balaban J connectivity index is 3.99. The van der Waals surface area contributed by atoms with Crippen molar-refractivity contribution in [3.05, 3.63) is 0 Å². The summed E-state index contributed by atoms with van der Waals surface area (Å²) in [6.07, 6.45) is 1.10. The van der Waals surface area contributed by atoms with E-state index in [1.807, 2.05) is 32.7 Å². The van der Waals surface area contributed by atoms with E-state index in [2.05, 4.69) is 24.0 Å². The first-order valence-corrected chi connectivity index (χ1v) is 5.43. The predicted octanol–water partition coefficient (Wildman–Crippen LogP) is 0.983. The van der Waals surface area contributed by atoms with E-state index in [1.165, 1.54) is 0 Å². The normalized spacial score (nSPS) is 13.4. The topological polar surface area (TPSA) is 44.9 Å². The second-order valence-electron chi connectivity index (χ2n) is 5.22. The Morgan fingerprint density at radius 3 is 2.07 bits per heavy atom. The quantitative estimate of drug-likeness (QED) is 0.560. The average Bonchev–Trinajstić information content (AvgIpc) is 1.99. The second kappa shape index (κ2) is 5.95. The van der Waals surface area contributed by atoms with E-state index in [9.17, 15) is 0 Å². The molecule has 0 unspecified atom stereocenters. The summed E-state index contributed by atoms with van der Waals surface area (Å²) in [4.78, 5) is 8.59. The zero-order valence-electron chi connectivity index (χ0n) is 11.0. The van der Waals surface area contributed by atoms with Gasteiger partial charge in [-0.1, -0.05) is 0 Å². The molecule has 2 N–H and O–H groups in total. The fraction of sp³-hybridized carbons (Fsp3) is 0.909. The summed E-state index contributed by atoms with van der Waals surface area (Å²) in [6.45, 7) is 8.17. The van der Waals surface area contributed by atoms with Crippen molar-refractivity contribution in [1.82, 2.24) is 9.80 Å². The van der Waals surface area contributed by atoms with Crippen LogP contribution in [0, 0.1) is 0 Å². The van der Waals surface area contributed by atoms with Crippen LogP contribution in [-0.2, 0) is 0 Å². The summed E-state index contributed by atoms with van der Waals surface area (Å²) < 4.78 is 0. The largest absolute Gasteiger partial charge is 0.370 e. The second-order valence-corrected chi connectivity index (χ2v) is 5.22. The van der Waals surface area contributed by atoms with Crippen molar-refractivity contribution in [2.75, 3.05) is 34.2 Å². The minimum atomic E-state index is -0.0973. The Hall–Kier alpha value is -0.770. The van der Waals surface area contributed by atoms with Gasteiger partial charge in [0.2, 0.25) is 0 Å². The van der Waals surface area contributed by atoms with E-state index in [0.717, 1.165) is 19.5 Å². The summed E-state index contributed by atoms with van der Waals surface area (Å²) in [5.41, 5.74) is 5.79. The number of hydrogen-bond donors (Lipinski definition) is 1. The molecule has 0 spiro atoms. The lowest BCUT2D eigenvalue weighted by Gasteiger charge is -2.22. The molecule has 0 aromatic carbocycles. The van der Waals surface area contributed by atoms with Gasteiger partial charge in [0.15, 0.2) is 5.96 Å². The highest BCUT2D eigenvalue weighted by molar-refractivity contribution is 5.78. The smallest absolute Gasteiger partial charge is 0.191 e. The monoisotopic (exact) mass is 214 g/mol. The molecule has 0 amide bonds. The lowest BCUT2D eigenvalue weighted by Crippen LogP contribution is -2.37. The molecule has 0 bridgehead atoms. The summed E-state index contributed by atoms with van der Waals surface area (Å²) >= 11 is 0. The van der Waals surface area contributed by atoms with Crippen LogP contribution in [0.15, 0.2) is 4.99 Å². The summed E-state index contributed by atoms with van der Waals surface area (Å²) in [5.74, 6) is 0.626.